The zero-order chi connectivity index (χ0) is 19.3. The number of carboxylic acid groups (broad SMARTS) is 1. The third-order valence-electron chi connectivity index (χ3n) is 3.62. The van der Waals surface area contributed by atoms with Crippen molar-refractivity contribution >= 4 is 12.0 Å². The maximum absolute atomic E-state index is 12.6. The molecule has 0 heterocycles. The van der Waals surface area contributed by atoms with Crippen LogP contribution in [0.2, 0.25) is 0 Å². The topological polar surface area (TPSA) is 89.9 Å². The van der Waals surface area contributed by atoms with Crippen LogP contribution in [0.1, 0.15) is 27.0 Å². The Kier molecular flexibility index (Phi) is 5.83. The summed E-state index contributed by atoms with van der Waals surface area (Å²) >= 11 is 0. The van der Waals surface area contributed by atoms with Gasteiger partial charge in [0.05, 0.1) is 5.56 Å². The summed E-state index contributed by atoms with van der Waals surface area (Å²) < 4.78 is 37.7. The first-order valence-electron chi connectivity index (χ1n) is 7.38. The Morgan fingerprint density at radius 2 is 1.38 bits per heavy atom. The van der Waals surface area contributed by atoms with Crippen molar-refractivity contribution in [1.82, 2.24) is 10.4 Å². The zero-order valence-corrected chi connectivity index (χ0v) is 13.3. The van der Waals surface area contributed by atoms with Gasteiger partial charge in [-0.1, -0.05) is 24.3 Å². The first-order chi connectivity index (χ1) is 12.2. The lowest BCUT2D eigenvalue weighted by Gasteiger charge is -2.20. The van der Waals surface area contributed by atoms with E-state index in [1.54, 1.807) is 0 Å². The first-order valence-corrected chi connectivity index (χ1v) is 7.38. The highest BCUT2D eigenvalue weighted by Gasteiger charge is 2.30. The number of nitrogens with zero attached hydrogens (tertiary/aromatic N) is 1. The summed E-state index contributed by atoms with van der Waals surface area (Å²) in [5.41, 5.74) is 1.87. The van der Waals surface area contributed by atoms with Crippen LogP contribution in [0.25, 0.3) is 0 Å². The zero-order valence-electron chi connectivity index (χ0n) is 13.3. The Hall–Kier alpha value is -3.07. The van der Waals surface area contributed by atoms with Crippen LogP contribution in [-0.4, -0.2) is 27.2 Å². The van der Waals surface area contributed by atoms with Crippen LogP contribution in [0.4, 0.5) is 18.0 Å². The molecule has 0 bridgehead atoms. The van der Waals surface area contributed by atoms with Gasteiger partial charge in [0.1, 0.15) is 0 Å². The molecule has 0 unspecified atom stereocenters. The van der Waals surface area contributed by atoms with Gasteiger partial charge in [0.25, 0.3) is 5.91 Å². The van der Waals surface area contributed by atoms with E-state index in [2.05, 4.69) is 0 Å². The molecule has 9 heteroatoms. The molecule has 0 radical (unpaired) electrons. The van der Waals surface area contributed by atoms with Gasteiger partial charge in [-0.3, -0.25) is 14.9 Å². The molecule has 138 valence electrons. The van der Waals surface area contributed by atoms with Gasteiger partial charge in [0.2, 0.25) is 0 Å². The number of amides is 2. The van der Waals surface area contributed by atoms with E-state index >= 15 is 0 Å². The smallest absolute Gasteiger partial charge is 0.416 e. The Morgan fingerprint density at radius 1 is 0.923 bits per heavy atom. The van der Waals surface area contributed by atoms with Gasteiger partial charge in [-0.2, -0.15) is 13.2 Å². The SMILES string of the molecule is O=C(NO)c1ccc(CN(Cc2ccc(C(F)(F)F)cc2)C(=O)O)cc1. The molecule has 6 nitrogen and oxygen atoms in total. The minimum atomic E-state index is -4.45. The molecule has 0 spiro atoms. The summed E-state index contributed by atoms with van der Waals surface area (Å²) in [6, 6.07) is 10.1. The van der Waals surface area contributed by atoms with Gasteiger partial charge in [-0.05, 0) is 35.4 Å². The summed E-state index contributed by atoms with van der Waals surface area (Å²) in [6.07, 6.45) is -5.68. The van der Waals surface area contributed by atoms with E-state index in [1.165, 1.54) is 41.9 Å². The molecule has 0 atom stereocenters. The molecule has 2 amide bonds. The molecule has 0 aromatic heterocycles. The molecular weight excluding hydrogens is 353 g/mol. The second kappa shape index (κ2) is 7.87. The van der Waals surface area contributed by atoms with Crippen LogP contribution >= 0.6 is 0 Å². The van der Waals surface area contributed by atoms with Crippen molar-refractivity contribution in [1.29, 1.82) is 0 Å². The van der Waals surface area contributed by atoms with E-state index in [0.29, 0.717) is 11.1 Å². The van der Waals surface area contributed by atoms with Gasteiger partial charge in [-0.15, -0.1) is 0 Å². The van der Waals surface area contributed by atoms with Crippen LogP contribution in [0.5, 0.6) is 0 Å². The van der Waals surface area contributed by atoms with Crippen molar-refractivity contribution in [2.45, 2.75) is 19.3 Å². The number of carbonyl (C=O) groups excluding carboxylic acids is 1. The molecule has 0 saturated carbocycles. The normalized spacial score (nSPS) is 11.1. The number of nitrogens with one attached hydrogen (secondary N) is 1. The number of carbonyl (C=O) groups is 2. The van der Waals surface area contributed by atoms with E-state index in [1.807, 2.05) is 0 Å². The number of halogens is 3. The Bertz CT molecular complexity index is 774. The summed E-state index contributed by atoms with van der Waals surface area (Å²) in [4.78, 5) is 23.7. The molecule has 2 aromatic carbocycles. The van der Waals surface area contributed by atoms with Gasteiger partial charge in [-0.25, -0.2) is 10.3 Å². The van der Waals surface area contributed by atoms with Crippen LogP contribution in [0, 0.1) is 0 Å². The number of alkyl halides is 3. The fraction of sp³-hybridized carbons (Fsp3) is 0.176. The van der Waals surface area contributed by atoms with Crippen LogP contribution in [-0.2, 0) is 19.3 Å². The highest BCUT2D eigenvalue weighted by atomic mass is 19.4. The summed E-state index contributed by atoms with van der Waals surface area (Å²) in [5.74, 6) is -0.698. The summed E-state index contributed by atoms with van der Waals surface area (Å²) in [6.45, 7) is -0.107. The number of hydrogen-bond acceptors (Lipinski definition) is 3. The summed E-state index contributed by atoms with van der Waals surface area (Å²) in [7, 11) is 0. The summed E-state index contributed by atoms with van der Waals surface area (Å²) in [5, 5.41) is 17.9. The van der Waals surface area contributed by atoms with Gasteiger partial charge >= 0.3 is 12.3 Å². The van der Waals surface area contributed by atoms with Crippen molar-refractivity contribution in [2.75, 3.05) is 0 Å². The predicted molar refractivity (Wildman–Crippen MR) is 84.4 cm³/mol. The molecule has 26 heavy (non-hydrogen) atoms. The molecule has 2 rings (SSSR count). The first kappa shape index (κ1) is 19.3. The van der Waals surface area contributed by atoms with E-state index in [0.717, 1.165) is 17.0 Å². The molecule has 0 fully saturated rings. The Morgan fingerprint density at radius 3 is 1.77 bits per heavy atom. The van der Waals surface area contributed by atoms with Crippen molar-refractivity contribution < 1.29 is 33.1 Å². The lowest BCUT2D eigenvalue weighted by molar-refractivity contribution is -0.137. The molecule has 0 aliphatic carbocycles. The number of benzene rings is 2. The largest absolute Gasteiger partial charge is 0.465 e. The third kappa shape index (κ3) is 4.96. The molecular formula is C17H15F3N2O4. The lowest BCUT2D eigenvalue weighted by atomic mass is 10.1. The van der Waals surface area contributed by atoms with Crippen LogP contribution < -0.4 is 5.48 Å². The number of rotatable bonds is 5. The third-order valence-corrected chi connectivity index (χ3v) is 3.62. The second-order valence-corrected chi connectivity index (χ2v) is 5.47. The molecule has 0 aliphatic heterocycles. The fourth-order valence-corrected chi connectivity index (χ4v) is 2.26. The van der Waals surface area contributed by atoms with E-state index in [4.69, 9.17) is 5.21 Å². The van der Waals surface area contributed by atoms with Crippen molar-refractivity contribution in [2.24, 2.45) is 0 Å². The van der Waals surface area contributed by atoms with Gasteiger partial charge in [0.15, 0.2) is 0 Å². The monoisotopic (exact) mass is 368 g/mol. The Balaban J connectivity index is 2.09. The average molecular weight is 368 g/mol. The lowest BCUT2D eigenvalue weighted by Crippen LogP contribution is -2.28. The van der Waals surface area contributed by atoms with E-state index < -0.39 is 23.7 Å². The number of hydrogen-bond donors (Lipinski definition) is 3. The number of hydroxylamine groups is 1. The van der Waals surface area contributed by atoms with Crippen molar-refractivity contribution in [3.05, 3.63) is 70.8 Å². The molecule has 0 saturated heterocycles. The van der Waals surface area contributed by atoms with Crippen LogP contribution in [0.15, 0.2) is 48.5 Å². The molecule has 0 aliphatic rings. The standard InChI is InChI=1S/C17H15F3N2O4/c18-17(19,20)14-7-3-12(4-8-14)10-22(16(24)25)9-11-1-5-13(6-2-11)15(23)21-26/h1-8,26H,9-10H2,(H,21,23)(H,24,25). The van der Waals surface area contributed by atoms with E-state index in [-0.39, 0.29) is 18.7 Å². The fourth-order valence-electron chi connectivity index (χ4n) is 2.26. The minimum Gasteiger partial charge on any atom is -0.465 e. The maximum Gasteiger partial charge on any atom is 0.416 e. The molecule has 3 N–H and O–H groups in total. The highest BCUT2D eigenvalue weighted by molar-refractivity contribution is 5.93. The van der Waals surface area contributed by atoms with Gasteiger partial charge in [0, 0.05) is 18.7 Å². The van der Waals surface area contributed by atoms with Crippen molar-refractivity contribution in [3.8, 4) is 0 Å². The van der Waals surface area contributed by atoms with Crippen LogP contribution in [0.3, 0.4) is 0 Å². The Labute approximate surface area is 146 Å². The highest BCUT2D eigenvalue weighted by Crippen LogP contribution is 2.29. The van der Waals surface area contributed by atoms with E-state index in [9.17, 15) is 27.9 Å². The van der Waals surface area contributed by atoms with Gasteiger partial charge < -0.3 is 5.11 Å². The van der Waals surface area contributed by atoms with Crippen molar-refractivity contribution in [3.63, 3.8) is 0 Å². The second-order valence-electron chi connectivity index (χ2n) is 5.47. The molecule has 2 aromatic rings. The quantitative estimate of drug-likeness (QED) is 0.557. The predicted octanol–water partition coefficient (Wildman–Crippen LogP) is 3.50. The minimum absolute atomic E-state index is 0.0165. The maximum atomic E-state index is 12.6. The average Bonchev–Trinajstić information content (AvgIpc) is 2.60.